The quantitative estimate of drug-likeness (QED) is 0.178. The average Bonchev–Trinajstić information content (AvgIpc) is 3.41. The van der Waals surface area contributed by atoms with Gasteiger partial charge < -0.3 is 34.7 Å². The number of nitrogens with two attached hydrogens (primary N) is 1. The first-order valence-electron chi connectivity index (χ1n) is 12.9. The summed E-state index contributed by atoms with van der Waals surface area (Å²) >= 11 is 0. The maximum atomic E-state index is 16.0. The van der Waals surface area contributed by atoms with E-state index < -0.39 is 49.9 Å². The molecule has 3 heterocycles. The summed E-state index contributed by atoms with van der Waals surface area (Å²) in [6.45, 7) is 3.41. The van der Waals surface area contributed by atoms with E-state index in [1.807, 2.05) is 5.92 Å². The Hall–Kier alpha value is -2.86. The second-order valence-corrected chi connectivity index (χ2v) is 12.1. The number of carbonyl (C=O) groups excluding carboxylic acids is 1. The van der Waals surface area contributed by atoms with E-state index in [9.17, 15) is 19.6 Å². The number of imidazole rings is 1. The highest BCUT2D eigenvalue weighted by Crippen LogP contribution is 2.49. The van der Waals surface area contributed by atoms with Gasteiger partial charge in [-0.15, -0.1) is 6.42 Å². The van der Waals surface area contributed by atoms with Crippen LogP contribution < -0.4 is 15.6 Å². The lowest BCUT2D eigenvalue weighted by atomic mass is 9.94. The topological polar surface area (TPSA) is 193 Å². The Labute approximate surface area is 230 Å². The van der Waals surface area contributed by atoms with Crippen LogP contribution in [0.2, 0.25) is 0 Å². The van der Waals surface area contributed by atoms with Crippen molar-refractivity contribution in [2.45, 2.75) is 81.9 Å². The maximum Gasteiger partial charge on any atom is 0.323 e. The number of ether oxygens (including phenoxy) is 3. The summed E-state index contributed by atoms with van der Waals surface area (Å²) in [6.07, 6.45) is 6.85. The van der Waals surface area contributed by atoms with E-state index in [4.69, 9.17) is 30.9 Å². The molecule has 5 N–H and O–H groups in total. The van der Waals surface area contributed by atoms with Crippen LogP contribution in [0.15, 0.2) is 6.33 Å². The van der Waals surface area contributed by atoms with Crippen LogP contribution in [-0.4, -0.2) is 85.3 Å². The van der Waals surface area contributed by atoms with Crippen molar-refractivity contribution in [3.05, 3.63) is 6.33 Å². The highest BCUT2D eigenvalue weighted by atomic mass is 31.2. The van der Waals surface area contributed by atoms with Crippen LogP contribution in [0.25, 0.3) is 11.2 Å². The average molecular weight is 585 g/mol. The molecule has 1 saturated carbocycles. The van der Waals surface area contributed by atoms with Gasteiger partial charge in [0.05, 0.1) is 12.9 Å². The molecule has 1 saturated heterocycles. The first-order valence-corrected chi connectivity index (χ1v) is 15.0. The van der Waals surface area contributed by atoms with Crippen molar-refractivity contribution in [1.29, 1.82) is 0 Å². The number of fused-ring (bicyclic) bond motifs is 1. The van der Waals surface area contributed by atoms with Gasteiger partial charge in [0.1, 0.15) is 18.8 Å². The normalized spacial score (nSPS) is 29.5. The first kappa shape index (κ1) is 30.1. The van der Waals surface area contributed by atoms with E-state index in [1.165, 1.54) is 6.92 Å². The van der Waals surface area contributed by atoms with Crippen LogP contribution in [0.5, 0.6) is 5.88 Å². The molecule has 2 aromatic heterocycles. The number of halogens is 1. The van der Waals surface area contributed by atoms with Crippen molar-refractivity contribution in [3.63, 3.8) is 0 Å². The maximum absolute atomic E-state index is 16.0. The first-order chi connectivity index (χ1) is 18.8. The fourth-order valence-corrected chi connectivity index (χ4v) is 6.06. The van der Waals surface area contributed by atoms with Crippen molar-refractivity contribution in [3.8, 4) is 18.2 Å². The van der Waals surface area contributed by atoms with Crippen LogP contribution in [0.3, 0.4) is 0 Å². The number of nitrogen functional groups attached to an aromatic ring is 1. The molecule has 0 aromatic carbocycles. The standard InChI is InChI=1S/C24H34FN6O8P/c1-5-23(34)20(33)24(25,12-37-40(4,35)30-14(3)19(32)38-15-10-8-7-9-11-15)39-21(23)31-13-27-16-17(31)28-22(26)29-18(16)36-6-2/h1,13-15,20-21,33-34H,6-12H2,2-4H3,(H,30,35)(H2,26,28,29)/t14-,20-,21+,23+,24+,40-/m0/s1. The number of aliphatic hydroxyl groups is 2. The van der Waals surface area contributed by atoms with Gasteiger partial charge in [0.25, 0.3) is 13.4 Å². The van der Waals surface area contributed by atoms with Gasteiger partial charge in [-0.25, -0.2) is 14.5 Å². The lowest BCUT2D eigenvalue weighted by Gasteiger charge is -2.28. The molecule has 4 rings (SSSR count). The van der Waals surface area contributed by atoms with Gasteiger partial charge in [0.2, 0.25) is 17.4 Å². The Kier molecular flexibility index (Phi) is 8.70. The molecule has 0 amide bonds. The minimum Gasteiger partial charge on any atom is -0.476 e. The summed E-state index contributed by atoms with van der Waals surface area (Å²) in [5, 5.41) is 24.4. The van der Waals surface area contributed by atoms with Gasteiger partial charge in [-0.2, -0.15) is 9.97 Å². The van der Waals surface area contributed by atoms with Gasteiger partial charge in [-0.05, 0) is 39.5 Å². The fraction of sp³-hybridized carbons (Fsp3) is 0.667. The van der Waals surface area contributed by atoms with E-state index in [0.29, 0.717) is 0 Å². The SMILES string of the molecule is C#C[C@]1(O)[C@H](n2cnc3c(OCC)nc(N)nc32)O[C@](F)(CO[P@](C)(=O)N[C@@H](C)C(=O)OC2CCCCC2)[C@H]1O. The summed E-state index contributed by atoms with van der Waals surface area (Å²) < 4.78 is 51.8. The van der Waals surface area contributed by atoms with Crippen LogP contribution in [0.4, 0.5) is 10.3 Å². The van der Waals surface area contributed by atoms with E-state index in [1.54, 1.807) is 6.92 Å². The number of nitrogens with one attached hydrogen (secondary N) is 1. The van der Waals surface area contributed by atoms with Crippen molar-refractivity contribution in [2.75, 3.05) is 25.6 Å². The van der Waals surface area contributed by atoms with Gasteiger partial charge in [0, 0.05) is 6.66 Å². The molecule has 1 aliphatic carbocycles. The van der Waals surface area contributed by atoms with Gasteiger partial charge in [-0.3, -0.25) is 13.9 Å². The Bertz CT molecular complexity index is 1330. The molecular formula is C24H34FN6O8P. The summed E-state index contributed by atoms with van der Waals surface area (Å²) in [5.41, 5.74) is 3.24. The summed E-state index contributed by atoms with van der Waals surface area (Å²) in [6, 6.07) is -1.03. The Morgan fingerprint density at radius 3 is 2.77 bits per heavy atom. The molecule has 0 bridgehead atoms. The van der Waals surface area contributed by atoms with Crippen LogP contribution in [-0.2, 0) is 23.4 Å². The fourth-order valence-electron chi connectivity index (χ4n) is 4.75. The lowest BCUT2D eigenvalue weighted by molar-refractivity contribution is -0.202. The number of esters is 1. The van der Waals surface area contributed by atoms with Crippen molar-refractivity contribution >= 4 is 30.6 Å². The number of rotatable bonds is 10. The third-order valence-electron chi connectivity index (χ3n) is 6.81. The number of anilines is 1. The Morgan fingerprint density at radius 2 is 2.12 bits per heavy atom. The predicted octanol–water partition coefficient (Wildman–Crippen LogP) is 1.42. The summed E-state index contributed by atoms with van der Waals surface area (Å²) in [7, 11) is -3.86. The minimum atomic E-state index is -3.86. The lowest BCUT2D eigenvalue weighted by Crippen LogP contribution is -2.50. The number of carbonyl (C=O) groups is 1. The second-order valence-electron chi connectivity index (χ2n) is 9.94. The predicted molar refractivity (Wildman–Crippen MR) is 140 cm³/mol. The molecule has 1 aliphatic heterocycles. The van der Waals surface area contributed by atoms with E-state index in [0.717, 1.165) is 49.7 Å². The second kappa shape index (κ2) is 11.6. The zero-order valence-electron chi connectivity index (χ0n) is 22.4. The molecule has 0 radical (unpaired) electrons. The largest absolute Gasteiger partial charge is 0.476 e. The molecular weight excluding hydrogens is 550 g/mol. The number of hydrogen-bond donors (Lipinski definition) is 4. The zero-order valence-corrected chi connectivity index (χ0v) is 23.3. The van der Waals surface area contributed by atoms with Crippen LogP contribution in [0.1, 0.15) is 52.2 Å². The Morgan fingerprint density at radius 1 is 1.43 bits per heavy atom. The molecule has 0 spiro atoms. The number of aromatic nitrogens is 4. The molecule has 0 unspecified atom stereocenters. The van der Waals surface area contributed by atoms with Crippen molar-refractivity contribution in [1.82, 2.24) is 24.6 Å². The number of hydrogen-bond acceptors (Lipinski definition) is 12. The van der Waals surface area contributed by atoms with Gasteiger partial charge >= 0.3 is 5.97 Å². The molecule has 220 valence electrons. The summed E-state index contributed by atoms with van der Waals surface area (Å²) in [5.74, 6) is -1.95. The molecule has 6 atom stereocenters. The van der Waals surface area contributed by atoms with E-state index in [-0.39, 0.29) is 35.7 Å². The summed E-state index contributed by atoms with van der Waals surface area (Å²) in [4.78, 5) is 24.6. The van der Waals surface area contributed by atoms with E-state index >= 15 is 4.39 Å². The Balaban J connectivity index is 1.49. The highest BCUT2D eigenvalue weighted by Gasteiger charge is 2.65. The molecule has 14 nitrogen and oxygen atoms in total. The van der Waals surface area contributed by atoms with Crippen LogP contribution in [0, 0.1) is 12.3 Å². The number of aliphatic hydroxyl groups excluding tert-OH is 1. The molecule has 2 aliphatic rings. The van der Waals surface area contributed by atoms with Crippen LogP contribution >= 0.6 is 7.52 Å². The smallest absolute Gasteiger partial charge is 0.323 e. The number of terminal acetylenes is 1. The minimum absolute atomic E-state index is 0.0138. The highest BCUT2D eigenvalue weighted by molar-refractivity contribution is 7.56. The molecule has 16 heteroatoms. The third kappa shape index (κ3) is 5.93. The molecule has 2 aromatic rings. The van der Waals surface area contributed by atoms with Gasteiger partial charge in [0.15, 0.2) is 23.5 Å². The monoisotopic (exact) mass is 584 g/mol. The third-order valence-corrected chi connectivity index (χ3v) is 8.28. The molecule has 2 fully saturated rings. The number of alkyl halides is 1. The molecule has 40 heavy (non-hydrogen) atoms. The van der Waals surface area contributed by atoms with E-state index in [2.05, 4.69) is 20.0 Å². The van der Waals surface area contributed by atoms with Crippen molar-refractivity contribution < 1.29 is 42.7 Å². The van der Waals surface area contributed by atoms with Gasteiger partial charge in [-0.1, -0.05) is 12.3 Å². The number of nitrogens with zero attached hydrogens (tertiary/aromatic N) is 4. The zero-order chi connectivity index (χ0) is 29.3. The van der Waals surface area contributed by atoms with Crippen molar-refractivity contribution in [2.24, 2.45) is 0 Å².